The van der Waals surface area contributed by atoms with E-state index in [1.807, 2.05) is 26.0 Å². The topological polar surface area (TPSA) is 52.2 Å². The summed E-state index contributed by atoms with van der Waals surface area (Å²) in [6, 6.07) is 6.93. The van der Waals surface area contributed by atoms with Gasteiger partial charge in [0.2, 0.25) is 0 Å². The third-order valence-corrected chi connectivity index (χ3v) is 5.73. The van der Waals surface area contributed by atoms with Crippen LogP contribution < -0.4 is 0 Å². The van der Waals surface area contributed by atoms with Crippen molar-refractivity contribution in [2.24, 2.45) is 5.92 Å². The fraction of sp³-hybridized carbons (Fsp3) is 0.579. The van der Waals surface area contributed by atoms with E-state index in [0.717, 1.165) is 30.4 Å². The van der Waals surface area contributed by atoms with Gasteiger partial charge in [0.05, 0.1) is 5.52 Å². The number of carbonyl (C=O) groups excluding carboxylic acids is 1. The van der Waals surface area contributed by atoms with Gasteiger partial charge < -0.3 is 9.80 Å². The van der Waals surface area contributed by atoms with Crippen LogP contribution in [0.5, 0.6) is 0 Å². The van der Waals surface area contributed by atoms with E-state index in [2.05, 4.69) is 33.0 Å². The second kappa shape index (κ2) is 5.88. The second-order valence-corrected chi connectivity index (χ2v) is 7.10. The summed E-state index contributed by atoms with van der Waals surface area (Å²) in [7, 11) is 0. The van der Waals surface area contributed by atoms with Crippen LogP contribution in [0.25, 0.3) is 10.9 Å². The largest absolute Gasteiger partial charge is 0.330 e. The average molecular weight is 328 g/mol. The van der Waals surface area contributed by atoms with Crippen LogP contribution in [-0.2, 0) is 0 Å². The zero-order valence-corrected chi connectivity index (χ0v) is 14.7. The van der Waals surface area contributed by atoms with E-state index >= 15 is 0 Å². The molecule has 3 aliphatic rings. The van der Waals surface area contributed by atoms with Crippen molar-refractivity contribution in [1.29, 1.82) is 0 Å². The summed E-state index contributed by atoms with van der Waals surface area (Å²) in [4.78, 5) is 17.8. The van der Waals surface area contributed by atoms with Gasteiger partial charge in [0, 0.05) is 38.5 Å². The minimum atomic E-state index is 0. The molecule has 4 atom stereocenters. The van der Waals surface area contributed by atoms with Crippen molar-refractivity contribution in [3.63, 3.8) is 0 Å². The molecule has 3 fully saturated rings. The van der Waals surface area contributed by atoms with Crippen molar-refractivity contribution in [2.75, 3.05) is 19.6 Å². The summed E-state index contributed by atoms with van der Waals surface area (Å²) < 4.78 is 0. The lowest BCUT2D eigenvalue weighted by Crippen LogP contribution is -2.44. The molecule has 0 radical (unpaired) electrons. The number of hydrogen-bond donors (Lipinski definition) is 1. The maximum atomic E-state index is 13.2. The van der Waals surface area contributed by atoms with Crippen molar-refractivity contribution in [1.82, 2.24) is 20.0 Å². The van der Waals surface area contributed by atoms with E-state index < -0.39 is 0 Å². The summed E-state index contributed by atoms with van der Waals surface area (Å²) in [5, 5.41) is 8.33. The zero-order chi connectivity index (χ0) is 16.8. The number of fused-ring (bicyclic) bond motifs is 3. The molecule has 4 heterocycles. The lowest BCUT2D eigenvalue weighted by Gasteiger charge is -2.35. The van der Waals surface area contributed by atoms with Gasteiger partial charge in [-0.2, -0.15) is 5.10 Å². The molecule has 3 bridgehead atoms. The van der Waals surface area contributed by atoms with E-state index in [1.54, 1.807) is 0 Å². The fourth-order valence-corrected chi connectivity index (χ4v) is 4.79. The van der Waals surface area contributed by atoms with Crippen molar-refractivity contribution < 1.29 is 6.22 Å². The molecule has 0 saturated carbocycles. The number of aromatic amines is 1. The summed E-state index contributed by atoms with van der Waals surface area (Å²) in [5.41, 5.74) is 2.73. The van der Waals surface area contributed by atoms with Crippen LogP contribution in [0.4, 0.5) is 0 Å². The average Bonchev–Trinajstić information content (AvgIpc) is 3.08. The summed E-state index contributed by atoms with van der Waals surface area (Å²) in [5.74, 6) is 0.792. The van der Waals surface area contributed by atoms with Gasteiger partial charge in [0.25, 0.3) is 5.91 Å². The van der Waals surface area contributed by atoms with Crippen LogP contribution in [-0.4, -0.2) is 57.6 Å². The molecule has 1 aromatic heterocycles. The summed E-state index contributed by atoms with van der Waals surface area (Å²) in [6.45, 7) is 9.41. The highest BCUT2D eigenvalue weighted by molar-refractivity contribution is 6.05. The van der Waals surface area contributed by atoms with Gasteiger partial charge >= 0.3 is 0 Å². The Balaban J connectivity index is 0.000000588. The molecule has 130 valence electrons. The number of H-pyrrole nitrogens is 1. The number of nitrogens with one attached hydrogen (secondary N) is 1. The maximum Gasteiger partial charge on any atom is 0.275 e. The number of aromatic nitrogens is 2. The van der Waals surface area contributed by atoms with E-state index in [0.29, 0.717) is 23.7 Å². The normalized spacial score (nSPS) is 30.4. The highest BCUT2D eigenvalue weighted by atomic mass is 16.2. The Bertz CT molecular complexity index is 774. The first-order valence-corrected chi connectivity index (χ1v) is 9.20. The molecular weight excluding hydrogens is 300 g/mol. The van der Waals surface area contributed by atoms with Crippen LogP contribution in [0.1, 0.15) is 44.2 Å². The lowest BCUT2D eigenvalue weighted by molar-refractivity contribution is 0.0668. The van der Waals surface area contributed by atoms with Crippen LogP contribution in [0.15, 0.2) is 18.2 Å². The van der Waals surface area contributed by atoms with Crippen LogP contribution in [0.2, 0.25) is 0 Å². The first-order valence-electron chi connectivity index (χ1n) is 9.20. The van der Waals surface area contributed by atoms with Crippen molar-refractivity contribution in [3.8, 4) is 0 Å². The predicted molar refractivity (Wildman–Crippen MR) is 97.2 cm³/mol. The first kappa shape index (κ1) is 15.6. The van der Waals surface area contributed by atoms with E-state index in [9.17, 15) is 4.79 Å². The monoisotopic (exact) mass is 328 g/mol. The van der Waals surface area contributed by atoms with Gasteiger partial charge in [0.1, 0.15) is 0 Å². The Labute approximate surface area is 144 Å². The third-order valence-electron chi connectivity index (χ3n) is 5.73. The fourth-order valence-electron chi connectivity index (χ4n) is 4.79. The van der Waals surface area contributed by atoms with Gasteiger partial charge in [-0.3, -0.25) is 9.89 Å². The predicted octanol–water partition coefficient (Wildman–Crippen LogP) is 3.06. The van der Waals surface area contributed by atoms with Crippen molar-refractivity contribution in [2.45, 2.75) is 45.7 Å². The molecule has 5 rings (SSSR count). The van der Waals surface area contributed by atoms with Gasteiger partial charge in [-0.1, -0.05) is 26.0 Å². The lowest BCUT2D eigenvalue weighted by atomic mass is 9.89. The molecule has 1 amide bonds. The molecule has 5 heteroatoms. The summed E-state index contributed by atoms with van der Waals surface area (Å²) in [6.07, 6.45) is 2.29. The van der Waals surface area contributed by atoms with Crippen LogP contribution in [0, 0.1) is 12.8 Å². The SMILES string of the molecule is CC.Cc1ccc2c(C(=O)N3C4CC5CN(CCC53)C4)n[nH]c2c1.[HH]. The molecule has 5 nitrogen and oxygen atoms in total. The van der Waals surface area contributed by atoms with E-state index in [-0.39, 0.29) is 7.33 Å². The highest BCUT2D eigenvalue weighted by Gasteiger charge is 2.50. The molecule has 4 unspecified atom stereocenters. The molecular formula is C19H28N4O. The Hall–Kier alpha value is -1.88. The zero-order valence-electron chi connectivity index (χ0n) is 14.7. The van der Waals surface area contributed by atoms with E-state index in [4.69, 9.17) is 0 Å². The molecule has 3 saturated heterocycles. The quantitative estimate of drug-likeness (QED) is 0.875. The Morgan fingerprint density at radius 1 is 1.33 bits per heavy atom. The van der Waals surface area contributed by atoms with Crippen LogP contribution >= 0.6 is 0 Å². The maximum absolute atomic E-state index is 13.2. The Morgan fingerprint density at radius 2 is 2.17 bits per heavy atom. The summed E-state index contributed by atoms with van der Waals surface area (Å²) >= 11 is 0. The van der Waals surface area contributed by atoms with Gasteiger partial charge in [-0.05, 0) is 37.3 Å². The molecule has 1 aromatic carbocycles. The van der Waals surface area contributed by atoms with Gasteiger partial charge in [0.15, 0.2) is 5.69 Å². The second-order valence-electron chi connectivity index (χ2n) is 7.10. The number of aryl methyl sites for hydroxylation is 1. The number of rotatable bonds is 1. The molecule has 0 spiro atoms. The number of likely N-dealkylation sites (tertiary alicyclic amines) is 1. The number of hydrogen-bond acceptors (Lipinski definition) is 3. The molecule has 3 aliphatic heterocycles. The number of piperidine rings is 2. The van der Waals surface area contributed by atoms with Gasteiger partial charge in [-0.25, -0.2) is 0 Å². The smallest absolute Gasteiger partial charge is 0.275 e. The Kier molecular flexibility index (Phi) is 3.83. The first-order chi connectivity index (χ1) is 11.7. The standard InChI is InChI=1S/C17H20N4O.C2H6.H2/c1-10-2-3-13-14(6-10)18-19-16(13)17(22)21-12-7-11-8-20(9-12)5-4-15(11)21;1-2;/h2-3,6,11-12,15H,4-5,7-9H2,1H3,(H,18,19);1-2H3;1H. The molecule has 0 aliphatic carbocycles. The number of amides is 1. The van der Waals surface area contributed by atoms with E-state index in [1.165, 1.54) is 18.5 Å². The molecule has 24 heavy (non-hydrogen) atoms. The van der Waals surface area contributed by atoms with Crippen molar-refractivity contribution >= 4 is 16.8 Å². The minimum Gasteiger partial charge on any atom is -0.330 e. The number of benzene rings is 1. The molecule has 1 N–H and O–H groups in total. The Morgan fingerprint density at radius 3 is 3.00 bits per heavy atom. The molecule has 2 aromatic rings. The van der Waals surface area contributed by atoms with Crippen molar-refractivity contribution in [3.05, 3.63) is 29.5 Å². The highest BCUT2D eigenvalue weighted by Crippen LogP contribution is 2.41. The third kappa shape index (κ3) is 2.25. The minimum absolute atomic E-state index is 0. The number of carbonyl (C=O) groups is 1. The van der Waals surface area contributed by atoms with Crippen LogP contribution in [0.3, 0.4) is 0 Å². The number of nitrogens with zero attached hydrogens (tertiary/aromatic N) is 3. The van der Waals surface area contributed by atoms with Gasteiger partial charge in [-0.15, -0.1) is 0 Å².